The Labute approximate surface area is 103 Å². The van der Waals surface area contributed by atoms with E-state index in [1.54, 1.807) is 0 Å². The highest BCUT2D eigenvalue weighted by molar-refractivity contribution is 9.11. The molecule has 0 aliphatic heterocycles. The fraction of sp³-hybridized carbons (Fsp3) is 1.00. The molecule has 0 atom stereocenters. The van der Waals surface area contributed by atoms with Gasteiger partial charge in [-0.1, -0.05) is 71.1 Å². The van der Waals surface area contributed by atoms with Crippen LogP contribution in [0.2, 0.25) is 39.3 Å². The van der Waals surface area contributed by atoms with E-state index in [1.165, 1.54) is 9.91 Å². The van der Waals surface area contributed by atoms with E-state index < -0.39 is 22.3 Å². The summed E-state index contributed by atoms with van der Waals surface area (Å²) in [7, 11) is -2.97. The number of halogens is 2. The average Bonchev–Trinajstić information content (AvgIpc) is 1.84. The van der Waals surface area contributed by atoms with Crippen molar-refractivity contribution in [3.63, 3.8) is 0 Å². The highest BCUT2D eigenvalue weighted by Gasteiger charge is 2.52. The van der Waals surface area contributed by atoms with Gasteiger partial charge >= 0.3 is 0 Å². The fourth-order valence-corrected chi connectivity index (χ4v) is 70.8. The Hall–Kier alpha value is 1.61. The maximum atomic E-state index is 3.81. The summed E-state index contributed by atoms with van der Waals surface area (Å²) >= 11 is 7.61. The lowest BCUT2D eigenvalue weighted by Gasteiger charge is -2.48. The number of hydrogen-bond acceptors (Lipinski definition) is 0. The van der Waals surface area contributed by atoms with Gasteiger partial charge in [0.25, 0.3) is 0 Å². The summed E-state index contributed by atoms with van der Waals surface area (Å²) in [6.07, 6.45) is 0. The molecule has 0 unspecified atom stereocenters. The van der Waals surface area contributed by atoms with Crippen molar-refractivity contribution in [1.82, 2.24) is 0 Å². The van der Waals surface area contributed by atoms with Crippen LogP contribution in [0.1, 0.15) is 0 Å². The van der Waals surface area contributed by atoms with Gasteiger partial charge in [-0.2, -0.15) is 0 Å². The predicted octanol–water partition coefficient (Wildman–Crippen LogP) is 4.14. The maximum absolute atomic E-state index is 3.81. The van der Waals surface area contributed by atoms with Crippen molar-refractivity contribution in [1.29, 1.82) is 0 Å². The van der Waals surface area contributed by atoms with Gasteiger partial charge in [0.05, 0.1) is 7.11 Å². The normalized spacial score (nSPS) is 14.8. The first-order chi connectivity index (χ1) is 5.62. The summed E-state index contributed by atoms with van der Waals surface area (Å²) in [5.41, 5.74) is 0. The molecule has 0 saturated carbocycles. The van der Waals surface area contributed by atoms with Gasteiger partial charge in [0.1, 0.15) is 0 Å². The minimum Gasteiger partial charge on any atom is -0.0967 e. The van der Waals surface area contributed by atoms with Crippen molar-refractivity contribution in [2.75, 3.05) is 9.91 Å². The molecule has 0 aromatic heterocycles. The number of alkyl halides is 2. The third kappa shape index (κ3) is 2.80. The quantitative estimate of drug-likeness (QED) is 0.521. The molecule has 80 valence electrons. The molecule has 0 nitrogen and oxygen atoms in total. The van der Waals surface area contributed by atoms with E-state index in [0.29, 0.717) is 0 Å². The largest absolute Gasteiger partial charge is 0.0967 e. The van der Waals surface area contributed by atoms with Gasteiger partial charge < -0.3 is 0 Å². The first-order valence-electron chi connectivity index (χ1n) is 4.74. The third-order valence-electron chi connectivity index (χ3n) is 3.33. The van der Waals surface area contributed by atoms with Crippen LogP contribution in [0.25, 0.3) is 0 Å². The van der Waals surface area contributed by atoms with Crippen LogP contribution in [0.4, 0.5) is 0 Å². The molecule has 0 spiro atoms. The fourth-order valence-electron chi connectivity index (χ4n) is 1.96. The zero-order chi connectivity index (χ0) is 10.9. The monoisotopic (exact) mass is 360 g/mol. The Morgan fingerprint density at radius 1 is 0.692 bits per heavy atom. The molecule has 0 heterocycles. The SMILES string of the molecule is C[Si](C)(C)[Si](CBr)(CBr)[Si](C)(C)C. The van der Waals surface area contributed by atoms with E-state index in [1.807, 2.05) is 0 Å². The van der Waals surface area contributed by atoms with Crippen LogP contribution < -0.4 is 0 Å². The standard InChI is InChI=1S/C8H22Br2Si3/c1-11(2,3)13(7-9,8-10)12(4,5)6/h7-8H2,1-6H3. The molecule has 0 saturated heterocycles. The molecule has 0 aliphatic carbocycles. The summed E-state index contributed by atoms with van der Waals surface area (Å²) in [6.45, 7) is 15.3. The summed E-state index contributed by atoms with van der Waals surface area (Å²) in [6, 6.07) is 0. The zero-order valence-corrected chi connectivity index (χ0v) is 15.8. The van der Waals surface area contributed by atoms with E-state index in [0.717, 1.165) is 0 Å². The molecular formula is C8H22Br2Si3. The predicted molar refractivity (Wildman–Crippen MR) is 80.0 cm³/mol. The van der Waals surface area contributed by atoms with Crippen LogP contribution in [0.15, 0.2) is 0 Å². The molecule has 0 radical (unpaired) electrons. The lowest BCUT2D eigenvalue weighted by atomic mass is 11.8. The van der Waals surface area contributed by atoms with E-state index in [-0.39, 0.29) is 0 Å². The second-order valence-corrected chi connectivity index (χ2v) is 37.2. The van der Waals surface area contributed by atoms with Gasteiger partial charge in [-0.25, -0.2) is 0 Å². The summed E-state index contributed by atoms with van der Waals surface area (Å²) < 4.78 is 0. The zero-order valence-electron chi connectivity index (χ0n) is 9.67. The summed E-state index contributed by atoms with van der Waals surface area (Å²) in [5.74, 6) is 0. The molecule has 5 heteroatoms. The molecule has 0 rings (SSSR count). The molecule has 0 aromatic carbocycles. The molecule has 13 heavy (non-hydrogen) atoms. The van der Waals surface area contributed by atoms with Gasteiger partial charge in [-0.05, 0) is 9.91 Å². The second kappa shape index (κ2) is 4.63. The third-order valence-corrected chi connectivity index (χ3v) is 54.8. The average molecular weight is 362 g/mol. The molecule has 0 aromatic rings. The molecular weight excluding hydrogens is 340 g/mol. The number of hydrogen-bond donors (Lipinski definition) is 0. The van der Waals surface area contributed by atoms with Crippen LogP contribution in [0, 0.1) is 0 Å². The summed E-state index contributed by atoms with van der Waals surface area (Å²) in [5, 5.41) is 0. The van der Waals surface area contributed by atoms with Crippen molar-refractivity contribution >= 4 is 54.2 Å². The van der Waals surface area contributed by atoms with Crippen LogP contribution >= 0.6 is 31.9 Å². The topological polar surface area (TPSA) is 0 Å². The van der Waals surface area contributed by atoms with Crippen molar-refractivity contribution in [3.05, 3.63) is 0 Å². The second-order valence-electron chi connectivity index (χ2n) is 5.85. The van der Waals surface area contributed by atoms with Gasteiger partial charge in [0, 0.05) is 15.2 Å². The Bertz CT molecular complexity index is 149. The van der Waals surface area contributed by atoms with Gasteiger partial charge in [0.15, 0.2) is 0 Å². The van der Waals surface area contributed by atoms with Crippen molar-refractivity contribution < 1.29 is 0 Å². The van der Waals surface area contributed by atoms with Crippen molar-refractivity contribution in [2.24, 2.45) is 0 Å². The Kier molecular flexibility index (Phi) is 5.21. The lowest BCUT2D eigenvalue weighted by Crippen LogP contribution is -2.74. The smallest absolute Gasteiger partial charge is 0.0648 e. The van der Waals surface area contributed by atoms with Crippen LogP contribution in [-0.2, 0) is 0 Å². The maximum Gasteiger partial charge on any atom is 0.0648 e. The highest BCUT2D eigenvalue weighted by atomic mass is 79.9. The molecule has 0 bridgehead atoms. The number of rotatable bonds is 4. The van der Waals surface area contributed by atoms with E-state index in [4.69, 9.17) is 0 Å². The first kappa shape index (κ1) is 14.6. The minimum absolute atomic E-state index is 0.965. The van der Waals surface area contributed by atoms with Gasteiger partial charge in [-0.15, -0.1) is 0 Å². The Balaban J connectivity index is 5.17. The molecule has 0 N–H and O–H groups in total. The van der Waals surface area contributed by atoms with E-state index >= 15 is 0 Å². The van der Waals surface area contributed by atoms with E-state index in [9.17, 15) is 0 Å². The Morgan fingerprint density at radius 2 is 0.923 bits per heavy atom. The lowest BCUT2D eigenvalue weighted by molar-refractivity contribution is 1.70. The van der Waals surface area contributed by atoms with Crippen molar-refractivity contribution in [2.45, 2.75) is 39.3 Å². The highest BCUT2D eigenvalue weighted by Crippen LogP contribution is 2.32. The first-order valence-corrected chi connectivity index (χ1v) is 18.4. The molecule has 0 amide bonds. The minimum atomic E-state index is -1.04. The van der Waals surface area contributed by atoms with E-state index in [2.05, 4.69) is 71.1 Å². The van der Waals surface area contributed by atoms with Gasteiger partial charge in [0.2, 0.25) is 0 Å². The molecule has 0 aliphatic rings. The van der Waals surface area contributed by atoms with Crippen LogP contribution in [0.5, 0.6) is 0 Å². The van der Waals surface area contributed by atoms with Crippen molar-refractivity contribution in [3.8, 4) is 0 Å². The molecule has 0 fully saturated rings. The van der Waals surface area contributed by atoms with Crippen LogP contribution in [-0.4, -0.2) is 32.2 Å². The van der Waals surface area contributed by atoms with Crippen LogP contribution in [0.3, 0.4) is 0 Å². The Morgan fingerprint density at radius 3 is 0.923 bits per heavy atom. The summed E-state index contributed by atoms with van der Waals surface area (Å²) in [4.78, 5) is 2.60. The van der Waals surface area contributed by atoms with Gasteiger partial charge in [-0.3, -0.25) is 0 Å².